The molecular weight excluding hydrogens is 419 g/mol. The summed E-state index contributed by atoms with van der Waals surface area (Å²) in [6, 6.07) is 17.2. The predicted molar refractivity (Wildman–Crippen MR) is 117 cm³/mol. The highest BCUT2D eigenvalue weighted by Crippen LogP contribution is 2.38. The summed E-state index contributed by atoms with van der Waals surface area (Å²) < 4.78 is 19.3. The number of carbonyl (C=O) groups excluding carboxylic acids is 2. The second-order valence-electron chi connectivity index (χ2n) is 7.10. The van der Waals surface area contributed by atoms with Gasteiger partial charge in [-0.15, -0.1) is 0 Å². The summed E-state index contributed by atoms with van der Waals surface area (Å²) in [7, 11) is 0. The number of ether oxygens (including phenoxy) is 1. The van der Waals surface area contributed by atoms with Gasteiger partial charge in [-0.3, -0.25) is 9.59 Å². The summed E-state index contributed by atoms with van der Waals surface area (Å²) in [5.74, 6) is -0.668. The molecule has 0 aliphatic carbocycles. The third-order valence-electron chi connectivity index (χ3n) is 5.07. The van der Waals surface area contributed by atoms with Crippen LogP contribution in [0.2, 0.25) is 5.02 Å². The maximum atomic E-state index is 13.7. The van der Waals surface area contributed by atoms with Crippen molar-refractivity contribution in [3.63, 3.8) is 0 Å². The maximum Gasteiger partial charge on any atom is 0.258 e. The van der Waals surface area contributed by atoms with E-state index < -0.39 is 11.9 Å². The molecule has 3 aromatic rings. The fourth-order valence-electron chi connectivity index (χ4n) is 3.75. The van der Waals surface area contributed by atoms with Crippen molar-refractivity contribution in [2.75, 3.05) is 18.5 Å². The number of nitrogens with zero attached hydrogens (tertiary/aromatic N) is 1. The lowest BCUT2D eigenvalue weighted by Gasteiger charge is -2.31. The highest BCUT2D eigenvalue weighted by atomic mass is 35.5. The van der Waals surface area contributed by atoms with Crippen LogP contribution in [0, 0.1) is 5.82 Å². The molecule has 2 amide bonds. The average molecular weight is 439 g/mol. The molecule has 0 spiro atoms. The third-order valence-corrected chi connectivity index (χ3v) is 5.31. The molecule has 3 aromatic carbocycles. The van der Waals surface area contributed by atoms with Crippen LogP contribution >= 0.6 is 11.6 Å². The molecule has 7 heteroatoms. The lowest BCUT2D eigenvalue weighted by molar-refractivity contribution is -0.117. The molecule has 1 N–H and O–H groups in total. The summed E-state index contributed by atoms with van der Waals surface area (Å²) in [6.07, 6.45) is 0. The van der Waals surface area contributed by atoms with Gasteiger partial charge >= 0.3 is 0 Å². The molecule has 4 rings (SSSR count). The summed E-state index contributed by atoms with van der Waals surface area (Å²) >= 11 is 6.26. The molecule has 0 saturated carbocycles. The van der Waals surface area contributed by atoms with E-state index in [0.717, 1.165) is 0 Å². The number of benzene rings is 3. The van der Waals surface area contributed by atoms with E-state index in [2.05, 4.69) is 5.32 Å². The Bertz CT molecular complexity index is 1130. The Morgan fingerprint density at radius 2 is 1.90 bits per heavy atom. The molecule has 0 unspecified atom stereocenters. The normalized spacial score (nSPS) is 15.6. The standard InChI is InChI=1S/C24H20ClFN2O3/c1-2-31-21-6-4-3-5-18(21)24(30)28-14-22(29)27-20-12-9-16(25)13-19(20)23(28)15-7-10-17(26)11-8-15/h3-13,23H,2,14H2,1H3,(H,27,29)/t23-/m1/s1. The molecule has 1 atom stereocenters. The first kappa shape index (κ1) is 20.9. The van der Waals surface area contributed by atoms with Gasteiger partial charge < -0.3 is 15.0 Å². The first-order chi connectivity index (χ1) is 15.0. The van der Waals surface area contributed by atoms with E-state index in [-0.39, 0.29) is 18.4 Å². The van der Waals surface area contributed by atoms with Crippen LogP contribution in [0.5, 0.6) is 5.75 Å². The lowest BCUT2D eigenvalue weighted by Crippen LogP contribution is -2.39. The Morgan fingerprint density at radius 1 is 1.16 bits per heavy atom. The number of carbonyl (C=O) groups is 2. The number of halogens is 2. The van der Waals surface area contributed by atoms with Crippen LogP contribution in [0.4, 0.5) is 10.1 Å². The van der Waals surface area contributed by atoms with Crippen LogP contribution in [-0.2, 0) is 4.79 Å². The number of hydrogen-bond acceptors (Lipinski definition) is 3. The zero-order valence-corrected chi connectivity index (χ0v) is 17.5. The van der Waals surface area contributed by atoms with E-state index in [1.54, 1.807) is 54.6 Å². The SMILES string of the molecule is CCOc1ccccc1C(=O)N1CC(=O)Nc2ccc(Cl)cc2[C@H]1c1ccc(F)cc1. The number of amides is 2. The molecule has 1 aliphatic heterocycles. The number of fused-ring (bicyclic) bond motifs is 1. The third kappa shape index (κ3) is 4.25. The molecule has 0 radical (unpaired) electrons. The van der Waals surface area contributed by atoms with Crippen molar-refractivity contribution >= 4 is 29.1 Å². The Morgan fingerprint density at radius 3 is 2.65 bits per heavy atom. The summed E-state index contributed by atoms with van der Waals surface area (Å²) in [5.41, 5.74) is 2.20. The molecule has 5 nitrogen and oxygen atoms in total. The van der Waals surface area contributed by atoms with Gasteiger partial charge in [-0.25, -0.2) is 4.39 Å². The van der Waals surface area contributed by atoms with Gasteiger partial charge in [0, 0.05) is 16.3 Å². The first-order valence-corrected chi connectivity index (χ1v) is 10.2. The number of para-hydroxylation sites is 1. The summed E-state index contributed by atoms with van der Waals surface area (Å²) in [6.45, 7) is 2.04. The van der Waals surface area contributed by atoms with Crippen LogP contribution in [0.15, 0.2) is 66.7 Å². The van der Waals surface area contributed by atoms with Crippen LogP contribution in [0.25, 0.3) is 0 Å². The number of anilines is 1. The number of nitrogens with one attached hydrogen (secondary N) is 1. The van der Waals surface area contributed by atoms with E-state index in [9.17, 15) is 14.0 Å². The largest absolute Gasteiger partial charge is 0.493 e. The van der Waals surface area contributed by atoms with Crippen molar-refractivity contribution in [1.29, 1.82) is 0 Å². The van der Waals surface area contributed by atoms with Gasteiger partial charge in [-0.1, -0.05) is 35.9 Å². The summed E-state index contributed by atoms with van der Waals surface area (Å²) in [5, 5.41) is 3.30. The molecule has 31 heavy (non-hydrogen) atoms. The van der Waals surface area contributed by atoms with Crippen molar-refractivity contribution in [1.82, 2.24) is 4.90 Å². The smallest absolute Gasteiger partial charge is 0.258 e. The van der Waals surface area contributed by atoms with Gasteiger partial charge in [0.25, 0.3) is 5.91 Å². The van der Waals surface area contributed by atoms with Crippen molar-refractivity contribution in [3.8, 4) is 5.75 Å². The molecule has 0 bridgehead atoms. The van der Waals surface area contributed by atoms with Crippen LogP contribution in [0.3, 0.4) is 0 Å². The molecule has 0 fully saturated rings. The highest BCUT2D eigenvalue weighted by Gasteiger charge is 2.35. The van der Waals surface area contributed by atoms with Crippen molar-refractivity contribution in [2.24, 2.45) is 0 Å². The van der Waals surface area contributed by atoms with Crippen LogP contribution in [0.1, 0.15) is 34.5 Å². The maximum absolute atomic E-state index is 13.7. The van der Waals surface area contributed by atoms with Gasteiger partial charge in [0.05, 0.1) is 18.2 Å². The molecule has 158 valence electrons. The summed E-state index contributed by atoms with van der Waals surface area (Å²) in [4.78, 5) is 27.8. The molecule has 0 aromatic heterocycles. The van der Waals surface area contributed by atoms with E-state index in [4.69, 9.17) is 16.3 Å². The van der Waals surface area contributed by atoms with E-state index in [0.29, 0.717) is 39.8 Å². The molecule has 0 saturated heterocycles. The van der Waals surface area contributed by atoms with Crippen molar-refractivity contribution in [2.45, 2.75) is 13.0 Å². The average Bonchev–Trinajstić information content (AvgIpc) is 2.90. The van der Waals surface area contributed by atoms with Gasteiger partial charge in [-0.05, 0) is 55.0 Å². The Kier molecular flexibility index (Phi) is 5.91. The quantitative estimate of drug-likeness (QED) is 0.619. The minimum absolute atomic E-state index is 0.187. The van der Waals surface area contributed by atoms with E-state index >= 15 is 0 Å². The monoisotopic (exact) mass is 438 g/mol. The van der Waals surface area contributed by atoms with Crippen LogP contribution < -0.4 is 10.1 Å². The number of hydrogen-bond donors (Lipinski definition) is 1. The molecule has 1 heterocycles. The zero-order valence-electron chi connectivity index (χ0n) is 16.8. The Labute approximate surface area is 184 Å². The second-order valence-corrected chi connectivity index (χ2v) is 7.53. The fraction of sp³-hybridized carbons (Fsp3) is 0.167. The lowest BCUT2D eigenvalue weighted by atomic mass is 9.95. The second kappa shape index (κ2) is 8.78. The van der Waals surface area contributed by atoms with Crippen LogP contribution in [-0.4, -0.2) is 29.9 Å². The molecule has 1 aliphatic rings. The first-order valence-electron chi connectivity index (χ1n) is 9.85. The van der Waals surface area contributed by atoms with Gasteiger partial charge in [0.15, 0.2) is 0 Å². The van der Waals surface area contributed by atoms with Crippen molar-refractivity contribution < 1.29 is 18.7 Å². The molecular formula is C24H20ClFN2O3. The minimum atomic E-state index is -0.657. The van der Waals surface area contributed by atoms with E-state index in [1.165, 1.54) is 17.0 Å². The minimum Gasteiger partial charge on any atom is -0.493 e. The number of rotatable bonds is 4. The predicted octanol–water partition coefficient (Wildman–Crippen LogP) is 5.06. The Balaban J connectivity index is 1.89. The topological polar surface area (TPSA) is 58.6 Å². The Hall–Kier alpha value is -3.38. The van der Waals surface area contributed by atoms with E-state index in [1.807, 2.05) is 6.92 Å². The van der Waals surface area contributed by atoms with Gasteiger partial charge in [0.2, 0.25) is 5.91 Å². The zero-order chi connectivity index (χ0) is 22.0. The van der Waals surface area contributed by atoms with Gasteiger partial charge in [-0.2, -0.15) is 0 Å². The van der Waals surface area contributed by atoms with Gasteiger partial charge in [0.1, 0.15) is 18.1 Å². The highest BCUT2D eigenvalue weighted by molar-refractivity contribution is 6.30. The fourth-order valence-corrected chi connectivity index (χ4v) is 3.93. The van der Waals surface area contributed by atoms with Crippen molar-refractivity contribution in [3.05, 3.63) is 94.3 Å².